The van der Waals surface area contributed by atoms with E-state index in [1.54, 1.807) is 36.4 Å². The number of halogens is 1. The Morgan fingerprint density at radius 3 is 1.97 bits per heavy atom. The summed E-state index contributed by atoms with van der Waals surface area (Å²) in [5.74, 6) is 0.164. The Morgan fingerprint density at radius 1 is 0.900 bits per heavy atom. The van der Waals surface area contributed by atoms with Crippen molar-refractivity contribution in [3.8, 4) is 23.0 Å². The average Bonchev–Trinajstić information content (AvgIpc) is 2.77. The molecule has 0 bridgehead atoms. The lowest BCUT2D eigenvalue weighted by molar-refractivity contribution is -0.126. The van der Waals surface area contributed by atoms with E-state index < -0.39 is 17.7 Å². The molecule has 0 saturated carbocycles. The van der Waals surface area contributed by atoms with Gasteiger partial charge in [-0.3, -0.25) is 9.59 Å². The van der Waals surface area contributed by atoms with E-state index in [1.807, 2.05) is 0 Å². The van der Waals surface area contributed by atoms with Gasteiger partial charge in [-0.2, -0.15) is 10.2 Å². The topological polar surface area (TPSA) is 99.0 Å². The zero-order valence-electron chi connectivity index (χ0n) is 17.2. The number of Topliss-reactive ketones (excluding diaryl/α,β-unsaturated/α-hetero) is 1. The molecule has 1 unspecified atom stereocenters. The van der Waals surface area contributed by atoms with Crippen LogP contribution in [0.2, 0.25) is 0 Å². The smallest absolute Gasteiger partial charge is 0.276 e. The summed E-state index contributed by atoms with van der Waals surface area (Å²) in [4.78, 5) is 25.0. The van der Waals surface area contributed by atoms with E-state index in [0.29, 0.717) is 17.2 Å². The Bertz CT molecular complexity index is 928. The Balaban J connectivity index is 2.36. The maximum atomic E-state index is 12.9. The first-order valence-corrected chi connectivity index (χ1v) is 9.05. The Morgan fingerprint density at radius 2 is 1.47 bits per heavy atom. The lowest BCUT2D eigenvalue weighted by Gasteiger charge is -2.21. The molecule has 1 amide bonds. The molecule has 0 aliphatic rings. The van der Waals surface area contributed by atoms with Crippen molar-refractivity contribution in [3.05, 3.63) is 36.4 Å². The van der Waals surface area contributed by atoms with Gasteiger partial charge in [-0.25, -0.2) is 4.42 Å². The number of hydrogen-bond acceptors (Lipinski definition) is 8. The van der Waals surface area contributed by atoms with Gasteiger partial charge in [0.2, 0.25) is 6.04 Å². The number of benzene rings is 2. The fourth-order valence-corrected chi connectivity index (χ4v) is 2.82. The number of ether oxygens (including phenoxy) is 4. The summed E-state index contributed by atoms with van der Waals surface area (Å²) in [7, 11) is 5.83. The number of carbonyl (C=O) groups is 2. The predicted octanol–water partition coefficient (Wildman–Crippen LogP) is 3.95. The van der Waals surface area contributed by atoms with Gasteiger partial charge in [0, 0.05) is 17.8 Å². The molecule has 0 aliphatic carbocycles. The molecule has 0 fully saturated rings. The molecule has 9 nitrogen and oxygen atoms in total. The Kier molecular flexibility index (Phi) is 7.99. The number of azo groups is 1. The van der Waals surface area contributed by atoms with Gasteiger partial charge >= 0.3 is 0 Å². The van der Waals surface area contributed by atoms with E-state index in [9.17, 15) is 9.59 Å². The van der Waals surface area contributed by atoms with E-state index in [0.717, 1.165) is 4.42 Å². The van der Waals surface area contributed by atoms with Gasteiger partial charge in [0.15, 0.2) is 17.3 Å². The molecule has 0 spiro atoms. The number of ketones is 1. The number of nitrogens with zero attached hydrogens (tertiary/aromatic N) is 3. The first-order valence-electron chi connectivity index (χ1n) is 8.72. The Labute approximate surface area is 179 Å². The van der Waals surface area contributed by atoms with Crippen molar-refractivity contribution in [2.45, 2.75) is 13.0 Å². The first-order chi connectivity index (χ1) is 14.4. The van der Waals surface area contributed by atoms with Gasteiger partial charge in [0.05, 0.1) is 34.1 Å². The van der Waals surface area contributed by atoms with E-state index in [2.05, 4.69) is 10.2 Å². The van der Waals surface area contributed by atoms with Gasteiger partial charge in [0.25, 0.3) is 5.91 Å². The average molecular weight is 436 g/mol. The molecule has 2 rings (SSSR count). The van der Waals surface area contributed by atoms with Crippen molar-refractivity contribution in [1.29, 1.82) is 0 Å². The molecule has 0 N–H and O–H groups in total. The van der Waals surface area contributed by atoms with Crippen LogP contribution < -0.4 is 23.4 Å². The zero-order chi connectivity index (χ0) is 22.3. The van der Waals surface area contributed by atoms with Crippen LogP contribution >= 0.6 is 11.8 Å². The van der Waals surface area contributed by atoms with Crippen molar-refractivity contribution in [1.82, 2.24) is 0 Å². The van der Waals surface area contributed by atoms with Crippen molar-refractivity contribution in [3.63, 3.8) is 0 Å². The van der Waals surface area contributed by atoms with Gasteiger partial charge in [0.1, 0.15) is 17.2 Å². The number of para-hydroxylation sites is 1. The van der Waals surface area contributed by atoms with Crippen LogP contribution in [0.4, 0.5) is 11.4 Å². The number of anilines is 1. The number of carbonyl (C=O) groups excluding carboxylic acids is 2. The quantitative estimate of drug-likeness (QED) is 0.336. The summed E-state index contributed by atoms with van der Waals surface area (Å²) in [6.07, 6.45) is 0. The van der Waals surface area contributed by atoms with Crippen LogP contribution in [0.15, 0.2) is 46.6 Å². The molecule has 160 valence electrons. The fraction of sp³-hybridized carbons (Fsp3) is 0.300. The van der Waals surface area contributed by atoms with E-state index in [-0.39, 0.29) is 17.2 Å². The summed E-state index contributed by atoms with van der Waals surface area (Å²) < 4.78 is 21.6. The number of rotatable bonds is 9. The lowest BCUT2D eigenvalue weighted by Crippen LogP contribution is -2.36. The molecule has 30 heavy (non-hydrogen) atoms. The molecular formula is C20H22ClN3O6. The van der Waals surface area contributed by atoms with Gasteiger partial charge < -0.3 is 18.9 Å². The normalized spacial score (nSPS) is 11.7. The van der Waals surface area contributed by atoms with Crippen molar-refractivity contribution in [2.75, 3.05) is 32.9 Å². The van der Waals surface area contributed by atoms with Crippen LogP contribution in [0.25, 0.3) is 0 Å². The summed E-state index contributed by atoms with van der Waals surface area (Å²) in [6.45, 7) is 1.22. The molecule has 0 aromatic heterocycles. The van der Waals surface area contributed by atoms with Crippen molar-refractivity contribution >= 4 is 34.8 Å². The number of hydrogen-bond donors (Lipinski definition) is 0. The van der Waals surface area contributed by atoms with Crippen LogP contribution in [-0.2, 0) is 9.59 Å². The SMILES string of the molecule is COc1ccc(N=NC(C(C)=O)C(=O)N(Cl)c2c(OC)cccc2OC)cc1OC. The van der Waals surface area contributed by atoms with Gasteiger partial charge in [-0.15, -0.1) is 0 Å². The molecule has 2 aromatic carbocycles. The minimum atomic E-state index is -1.47. The van der Waals surface area contributed by atoms with Crippen LogP contribution in [0.1, 0.15) is 6.92 Å². The first kappa shape index (κ1) is 23.0. The summed E-state index contributed by atoms with van der Waals surface area (Å²) in [5.41, 5.74) is 0.518. The second-order valence-corrected chi connectivity index (χ2v) is 6.24. The minimum absolute atomic E-state index is 0.154. The van der Waals surface area contributed by atoms with Crippen LogP contribution in [-0.4, -0.2) is 46.2 Å². The molecule has 0 heterocycles. The summed E-state index contributed by atoms with van der Waals surface area (Å²) in [6, 6.07) is 8.22. The standard InChI is InChI=1S/C20H22ClN3O6/c1-12(25)18(23-22-13-9-10-14(27-2)17(11-13)30-5)20(26)24(21)19-15(28-3)7-6-8-16(19)29-4/h6-11,18H,1-5H3. The van der Waals surface area contributed by atoms with Crippen LogP contribution in [0, 0.1) is 0 Å². The number of amides is 1. The molecular weight excluding hydrogens is 414 g/mol. The maximum Gasteiger partial charge on any atom is 0.276 e. The monoisotopic (exact) mass is 435 g/mol. The van der Waals surface area contributed by atoms with E-state index in [1.165, 1.54) is 35.4 Å². The highest BCUT2D eigenvalue weighted by Gasteiger charge is 2.32. The molecule has 10 heteroatoms. The van der Waals surface area contributed by atoms with E-state index >= 15 is 0 Å². The second-order valence-electron chi connectivity index (χ2n) is 5.90. The molecule has 0 saturated heterocycles. The molecule has 0 aliphatic heterocycles. The van der Waals surface area contributed by atoms with Crippen LogP contribution in [0.5, 0.6) is 23.0 Å². The summed E-state index contributed by atoms with van der Waals surface area (Å²) >= 11 is 6.27. The largest absolute Gasteiger partial charge is 0.494 e. The zero-order valence-corrected chi connectivity index (χ0v) is 18.0. The summed E-state index contributed by atoms with van der Waals surface area (Å²) in [5, 5.41) is 7.90. The number of methoxy groups -OCH3 is 4. The molecule has 1 atom stereocenters. The minimum Gasteiger partial charge on any atom is -0.494 e. The van der Waals surface area contributed by atoms with E-state index in [4.69, 9.17) is 30.7 Å². The van der Waals surface area contributed by atoms with Gasteiger partial charge in [-0.05, 0) is 31.2 Å². The second kappa shape index (κ2) is 10.4. The molecule has 2 aromatic rings. The lowest BCUT2D eigenvalue weighted by atomic mass is 10.2. The highest BCUT2D eigenvalue weighted by molar-refractivity contribution is 6.39. The molecule has 0 radical (unpaired) electrons. The third kappa shape index (κ3) is 4.98. The fourth-order valence-electron chi connectivity index (χ4n) is 2.56. The third-order valence-electron chi connectivity index (χ3n) is 4.07. The maximum absolute atomic E-state index is 12.9. The Hall–Kier alpha value is -3.33. The highest BCUT2D eigenvalue weighted by atomic mass is 35.5. The highest BCUT2D eigenvalue weighted by Crippen LogP contribution is 2.39. The third-order valence-corrected chi connectivity index (χ3v) is 4.40. The predicted molar refractivity (Wildman–Crippen MR) is 111 cm³/mol. The van der Waals surface area contributed by atoms with Gasteiger partial charge in [-0.1, -0.05) is 6.07 Å². The van der Waals surface area contributed by atoms with Crippen molar-refractivity contribution < 1.29 is 28.5 Å². The van der Waals surface area contributed by atoms with Crippen molar-refractivity contribution in [2.24, 2.45) is 10.2 Å². The van der Waals surface area contributed by atoms with Crippen LogP contribution in [0.3, 0.4) is 0 Å².